The number of allylic oxidation sites excluding steroid dienone is 2. The van der Waals surface area contributed by atoms with Crippen LogP contribution in [0.1, 0.15) is 145 Å². The number of hydrogen-bond acceptors (Lipinski definition) is 5. The topological polar surface area (TPSA) is 76.0 Å². The highest BCUT2D eigenvalue weighted by Gasteiger charge is 2.70. The molecule has 5 rings (SSSR count). The molecule has 0 aromatic heterocycles. The average Bonchev–Trinajstić information content (AvgIpc) is 3.00. The van der Waals surface area contributed by atoms with Gasteiger partial charge in [-0.25, -0.2) is 0 Å². The van der Waals surface area contributed by atoms with E-state index in [0.29, 0.717) is 30.3 Å². The van der Waals surface area contributed by atoms with Gasteiger partial charge in [-0.2, -0.15) is 0 Å². The Labute approximate surface area is 269 Å². The highest BCUT2D eigenvalue weighted by molar-refractivity contribution is 5.78. The molecule has 0 spiro atoms. The summed E-state index contributed by atoms with van der Waals surface area (Å²) in [5, 5.41) is 21.6. The van der Waals surface area contributed by atoms with Crippen LogP contribution in [-0.4, -0.2) is 42.3 Å². The molecule has 0 aromatic rings. The van der Waals surface area contributed by atoms with Crippen molar-refractivity contribution >= 4 is 5.97 Å². The average molecular weight is 615 g/mol. The van der Waals surface area contributed by atoms with E-state index in [4.69, 9.17) is 9.47 Å². The fraction of sp³-hybridized carbons (Fsp3) is 0.923. The van der Waals surface area contributed by atoms with E-state index < -0.39 is 16.9 Å². The monoisotopic (exact) mass is 614 g/mol. The molecular formula is C39H66O5. The summed E-state index contributed by atoms with van der Waals surface area (Å²) < 4.78 is 11.9. The van der Waals surface area contributed by atoms with E-state index in [9.17, 15) is 15.0 Å². The minimum absolute atomic E-state index is 0.0185. The summed E-state index contributed by atoms with van der Waals surface area (Å²) in [4.78, 5) is 14.2. The van der Waals surface area contributed by atoms with Crippen molar-refractivity contribution < 1.29 is 24.5 Å². The summed E-state index contributed by atoms with van der Waals surface area (Å²) in [6.45, 7) is 17.6. The van der Waals surface area contributed by atoms with Crippen LogP contribution in [0.15, 0.2) is 11.6 Å². The van der Waals surface area contributed by atoms with Crippen LogP contribution in [0.2, 0.25) is 0 Å². The quantitative estimate of drug-likeness (QED) is 0.105. The molecule has 0 saturated heterocycles. The highest BCUT2D eigenvalue weighted by Crippen LogP contribution is 2.75. The van der Waals surface area contributed by atoms with E-state index in [0.717, 1.165) is 64.2 Å². The van der Waals surface area contributed by atoms with Crippen LogP contribution in [0.5, 0.6) is 0 Å². The van der Waals surface area contributed by atoms with Crippen LogP contribution in [0.3, 0.4) is 0 Å². The number of ether oxygens (including phenoxy) is 2. The van der Waals surface area contributed by atoms with Crippen LogP contribution in [0.25, 0.3) is 0 Å². The molecule has 0 aliphatic heterocycles. The summed E-state index contributed by atoms with van der Waals surface area (Å²) >= 11 is 0. The van der Waals surface area contributed by atoms with E-state index >= 15 is 0 Å². The van der Waals surface area contributed by atoms with Gasteiger partial charge >= 0.3 is 5.97 Å². The molecule has 0 amide bonds. The lowest BCUT2D eigenvalue weighted by atomic mass is 9.33. The molecule has 0 bridgehead atoms. The SMILES string of the molecule is CCCCCCCCOCOC(=O)[C@]12CC[C@@H](C)[C@H](C)[C@H]1C1=CC[C@@H]3[C@@]4(C)CC[C@H](O)C(C)(CO)C4CC[C@@]3(C)[C@]1(C)CC2. The molecule has 4 fully saturated rings. The van der Waals surface area contributed by atoms with E-state index in [1.54, 1.807) is 5.57 Å². The van der Waals surface area contributed by atoms with Crippen LogP contribution < -0.4 is 0 Å². The predicted octanol–water partition coefficient (Wildman–Crippen LogP) is 8.86. The Balaban J connectivity index is 1.37. The molecule has 5 nitrogen and oxygen atoms in total. The lowest BCUT2D eigenvalue weighted by Gasteiger charge is -2.71. The second kappa shape index (κ2) is 12.9. The van der Waals surface area contributed by atoms with Gasteiger partial charge in [0.15, 0.2) is 6.79 Å². The first-order valence-electron chi connectivity index (χ1n) is 18.6. The molecule has 0 heterocycles. The fourth-order valence-corrected chi connectivity index (χ4v) is 12.1. The molecule has 11 atom stereocenters. The van der Waals surface area contributed by atoms with Gasteiger partial charge in [-0.1, -0.05) is 92.2 Å². The molecule has 5 aliphatic carbocycles. The van der Waals surface area contributed by atoms with Crippen molar-refractivity contribution in [2.45, 2.75) is 151 Å². The van der Waals surface area contributed by atoms with E-state index in [1.165, 1.54) is 32.1 Å². The Hall–Kier alpha value is -0.910. The summed E-state index contributed by atoms with van der Waals surface area (Å²) in [6, 6.07) is 0. The maximum absolute atomic E-state index is 14.2. The maximum atomic E-state index is 14.2. The second-order valence-electron chi connectivity index (χ2n) is 17.2. The number of carbonyl (C=O) groups is 1. The molecule has 5 aliphatic rings. The van der Waals surface area contributed by atoms with Gasteiger partial charge in [0.05, 0.1) is 24.7 Å². The zero-order valence-corrected chi connectivity index (χ0v) is 29.4. The Kier molecular flexibility index (Phi) is 10.1. The van der Waals surface area contributed by atoms with Crippen molar-refractivity contribution in [1.82, 2.24) is 0 Å². The molecule has 2 unspecified atom stereocenters. The molecular weight excluding hydrogens is 548 g/mol. The van der Waals surface area contributed by atoms with Gasteiger partial charge in [0.2, 0.25) is 0 Å². The molecule has 5 heteroatoms. The van der Waals surface area contributed by atoms with Gasteiger partial charge in [0.25, 0.3) is 0 Å². The Bertz CT molecular complexity index is 1060. The lowest BCUT2D eigenvalue weighted by Crippen LogP contribution is -2.66. The number of aliphatic hydroxyl groups is 2. The first-order valence-corrected chi connectivity index (χ1v) is 18.6. The summed E-state index contributed by atoms with van der Waals surface area (Å²) in [5.74, 6) is 2.04. The lowest BCUT2D eigenvalue weighted by molar-refractivity contribution is -0.219. The molecule has 0 radical (unpaired) electrons. The number of aliphatic hydroxyl groups excluding tert-OH is 2. The standard InChI is InChI=1S/C39H66O5/c1-8-9-10-11-12-13-24-43-26-44-34(42)39-21-16-27(2)28(3)33(39)29-14-15-31-35(4)19-18-32(41)36(5,25-40)30(35)17-20-38(31,7)37(29,6)22-23-39/h14,27-28,30-33,40-41H,8-13,15-26H2,1-7H3/t27-,28+,30?,31-,32+,33+,35+,36?,37-,38-,39+/m1/s1. The molecule has 4 saturated carbocycles. The van der Waals surface area contributed by atoms with E-state index in [-0.39, 0.29) is 41.5 Å². The summed E-state index contributed by atoms with van der Waals surface area (Å²) in [5.41, 5.74) is 0.904. The van der Waals surface area contributed by atoms with Crippen molar-refractivity contribution in [3.05, 3.63) is 11.6 Å². The predicted molar refractivity (Wildman–Crippen MR) is 177 cm³/mol. The van der Waals surface area contributed by atoms with Crippen molar-refractivity contribution in [3.63, 3.8) is 0 Å². The number of carbonyl (C=O) groups excluding carboxylic acids is 1. The first-order chi connectivity index (χ1) is 20.9. The first kappa shape index (κ1) is 34.4. The Morgan fingerprint density at radius 3 is 2.36 bits per heavy atom. The van der Waals surface area contributed by atoms with Gasteiger partial charge in [-0.3, -0.25) is 4.79 Å². The second-order valence-corrected chi connectivity index (χ2v) is 17.2. The van der Waals surface area contributed by atoms with Crippen LogP contribution in [0, 0.1) is 56.7 Å². The van der Waals surface area contributed by atoms with Crippen LogP contribution >= 0.6 is 0 Å². The third-order valence-corrected chi connectivity index (χ3v) is 15.4. The number of hydrogen-bond donors (Lipinski definition) is 2. The molecule has 252 valence electrons. The third kappa shape index (κ3) is 5.26. The minimum Gasteiger partial charge on any atom is -0.438 e. The fourth-order valence-electron chi connectivity index (χ4n) is 12.1. The van der Waals surface area contributed by atoms with Crippen molar-refractivity contribution in [3.8, 4) is 0 Å². The normalized spacial score (nSPS) is 46.6. The Morgan fingerprint density at radius 1 is 0.909 bits per heavy atom. The Morgan fingerprint density at radius 2 is 1.64 bits per heavy atom. The molecule has 44 heavy (non-hydrogen) atoms. The number of esters is 1. The van der Waals surface area contributed by atoms with Gasteiger partial charge in [-0.15, -0.1) is 0 Å². The van der Waals surface area contributed by atoms with Gasteiger partial charge < -0.3 is 19.7 Å². The van der Waals surface area contributed by atoms with Crippen molar-refractivity contribution in [2.24, 2.45) is 56.7 Å². The van der Waals surface area contributed by atoms with Crippen LogP contribution in [0.4, 0.5) is 0 Å². The molecule has 2 N–H and O–H groups in total. The number of fused-ring (bicyclic) bond motifs is 7. The highest BCUT2D eigenvalue weighted by atomic mass is 16.7. The zero-order chi connectivity index (χ0) is 32.0. The number of rotatable bonds is 11. The van der Waals surface area contributed by atoms with Gasteiger partial charge in [0.1, 0.15) is 0 Å². The largest absolute Gasteiger partial charge is 0.438 e. The summed E-state index contributed by atoms with van der Waals surface area (Å²) in [6.07, 6.45) is 18.4. The minimum atomic E-state index is -0.449. The zero-order valence-electron chi connectivity index (χ0n) is 29.4. The third-order valence-electron chi connectivity index (χ3n) is 15.4. The van der Waals surface area contributed by atoms with Gasteiger partial charge in [-0.05, 0) is 110 Å². The van der Waals surface area contributed by atoms with Crippen LogP contribution in [-0.2, 0) is 14.3 Å². The van der Waals surface area contributed by atoms with Crippen molar-refractivity contribution in [1.29, 1.82) is 0 Å². The smallest absolute Gasteiger partial charge is 0.314 e. The maximum Gasteiger partial charge on any atom is 0.314 e. The number of unbranched alkanes of at least 4 members (excludes halogenated alkanes) is 5. The van der Waals surface area contributed by atoms with Gasteiger partial charge in [0, 0.05) is 5.41 Å². The summed E-state index contributed by atoms with van der Waals surface area (Å²) in [7, 11) is 0. The van der Waals surface area contributed by atoms with Crippen molar-refractivity contribution in [2.75, 3.05) is 20.0 Å². The van der Waals surface area contributed by atoms with E-state index in [2.05, 4.69) is 54.5 Å². The molecule has 0 aromatic carbocycles. The van der Waals surface area contributed by atoms with E-state index in [1.807, 2.05) is 0 Å².